The highest BCUT2D eigenvalue weighted by Crippen LogP contribution is 2.66. The summed E-state index contributed by atoms with van der Waals surface area (Å²) in [6.45, 7) is 13.1. The molecule has 7 nitrogen and oxygen atoms in total. The number of aliphatic imine (C=N–C) groups is 1. The molecule has 2 aromatic rings. The molecule has 1 aromatic carbocycles. The Morgan fingerprint density at radius 1 is 1.26 bits per heavy atom. The largest absolute Gasteiger partial charge is 0.378 e. The molecule has 2 aliphatic carbocycles. The summed E-state index contributed by atoms with van der Waals surface area (Å²) >= 11 is 1.30. The minimum absolute atomic E-state index is 0.0593. The standard InChI is InChI=1S/C29H30F2N6OS/c1-28(21-13-19(5-7-22(21)30)14-23(31)24-8-6-20(33-2)16-34-24)25-15-29(25,39-27(32)35-28)26(38)37-11-9-36(10-12-37)17-18-3-4-18/h5-8,13-14,16,18,25H,3-4,9-12,15,17H2,1H3,(H2,32,35)/b23-14-/t25-,28+,29-/m0/s1. The van der Waals surface area contributed by atoms with E-state index in [-0.39, 0.29) is 28.3 Å². The fraction of sp³-hybridized carbons (Fsp3) is 0.448. The first-order chi connectivity index (χ1) is 18.7. The average Bonchev–Trinajstić information content (AvgIpc) is 3.86. The molecule has 10 heteroatoms. The molecule has 1 aromatic heterocycles. The molecular weight excluding hydrogens is 518 g/mol. The van der Waals surface area contributed by atoms with Crippen molar-refractivity contribution < 1.29 is 13.6 Å². The topological polar surface area (TPSA) is 79.2 Å². The first-order valence-electron chi connectivity index (χ1n) is 13.3. The van der Waals surface area contributed by atoms with Crippen LogP contribution in [0.5, 0.6) is 0 Å². The molecule has 4 aliphatic rings. The van der Waals surface area contributed by atoms with Gasteiger partial charge in [-0.1, -0.05) is 23.9 Å². The van der Waals surface area contributed by atoms with Crippen LogP contribution in [-0.4, -0.2) is 63.3 Å². The fourth-order valence-electron chi connectivity index (χ4n) is 5.96. The van der Waals surface area contributed by atoms with Gasteiger partial charge in [-0.25, -0.2) is 13.6 Å². The molecule has 6 rings (SSSR count). The van der Waals surface area contributed by atoms with Gasteiger partial charge in [0, 0.05) is 50.4 Å². The molecule has 1 saturated heterocycles. The van der Waals surface area contributed by atoms with E-state index in [0.717, 1.165) is 25.6 Å². The summed E-state index contributed by atoms with van der Waals surface area (Å²) in [6, 6.07) is 7.30. The van der Waals surface area contributed by atoms with E-state index in [9.17, 15) is 9.18 Å². The van der Waals surface area contributed by atoms with E-state index in [0.29, 0.717) is 30.8 Å². The van der Waals surface area contributed by atoms with Crippen molar-refractivity contribution in [2.24, 2.45) is 22.6 Å². The van der Waals surface area contributed by atoms with E-state index >= 15 is 4.39 Å². The number of carbonyl (C=O) groups is 1. The Morgan fingerprint density at radius 2 is 2.03 bits per heavy atom. The predicted molar refractivity (Wildman–Crippen MR) is 149 cm³/mol. The van der Waals surface area contributed by atoms with Gasteiger partial charge in [0.05, 0.1) is 17.8 Å². The highest BCUT2D eigenvalue weighted by molar-refractivity contribution is 8.15. The Bertz CT molecular complexity index is 1410. The number of hydrogen-bond acceptors (Lipinski definition) is 6. The molecule has 0 unspecified atom stereocenters. The first-order valence-corrected chi connectivity index (χ1v) is 14.1. The van der Waals surface area contributed by atoms with Crippen LogP contribution in [0.3, 0.4) is 0 Å². The minimum Gasteiger partial charge on any atom is -0.378 e. The molecule has 2 saturated carbocycles. The van der Waals surface area contributed by atoms with Crippen LogP contribution < -0.4 is 5.73 Å². The van der Waals surface area contributed by atoms with E-state index in [4.69, 9.17) is 12.3 Å². The number of pyridine rings is 1. The summed E-state index contributed by atoms with van der Waals surface area (Å²) in [7, 11) is 0. The van der Waals surface area contributed by atoms with Crippen LogP contribution in [0.2, 0.25) is 0 Å². The van der Waals surface area contributed by atoms with E-state index < -0.39 is 21.9 Å². The lowest BCUT2D eigenvalue weighted by atomic mass is 9.84. The molecule has 2 N–H and O–H groups in total. The minimum atomic E-state index is -1.06. The lowest BCUT2D eigenvalue weighted by Gasteiger charge is -2.39. The highest BCUT2D eigenvalue weighted by atomic mass is 32.2. The zero-order chi connectivity index (χ0) is 27.4. The summed E-state index contributed by atoms with van der Waals surface area (Å²) in [5, 5.41) is 0.266. The van der Waals surface area contributed by atoms with Gasteiger partial charge in [0.15, 0.2) is 5.17 Å². The van der Waals surface area contributed by atoms with Gasteiger partial charge in [0.1, 0.15) is 16.4 Å². The third-order valence-electron chi connectivity index (χ3n) is 8.40. The normalized spacial score (nSPS) is 28.9. The Kier molecular flexibility index (Phi) is 6.47. The van der Waals surface area contributed by atoms with Gasteiger partial charge in [0.25, 0.3) is 0 Å². The molecule has 3 heterocycles. The second-order valence-corrected chi connectivity index (χ2v) is 12.5. The van der Waals surface area contributed by atoms with Crippen molar-refractivity contribution in [3.8, 4) is 0 Å². The van der Waals surface area contributed by atoms with Crippen molar-refractivity contribution in [3.05, 3.63) is 70.6 Å². The number of hydrogen-bond donors (Lipinski definition) is 1. The van der Waals surface area contributed by atoms with Crippen molar-refractivity contribution in [2.75, 3.05) is 32.7 Å². The van der Waals surface area contributed by atoms with Crippen molar-refractivity contribution in [3.63, 3.8) is 0 Å². The zero-order valence-electron chi connectivity index (χ0n) is 21.7. The number of nitrogens with zero attached hydrogens (tertiary/aromatic N) is 5. The molecule has 1 amide bonds. The molecule has 202 valence electrons. The van der Waals surface area contributed by atoms with Crippen LogP contribution in [0.4, 0.5) is 14.5 Å². The summed E-state index contributed by atoms with van der Waals surface area (Å²) in [6.07, 6.45) is 5.77. The van der Waals surface area contributed by atoms with Crippen molar-refractivity contribution in [2.45, 2.75) is 36.5 Å². The summed E-state index contributed by atoms with van der Waals surface area (Å²) in [5.74, 6) is -0.419. The van der Waals surface area contributed by atoms with Crippen molar-refractivity contribution >= 4 is 40.4 Å². The quantitative estimate of drug-likeness (QED) is 0.524. The number of amides is 1. The van der Waals surface area contributed by atoms with Crippen LogP contribution >= 0.6 is 11.8 Å². The Morgan fingerprint density at radius 3 is 2.69 bits per heavy atom. The third-order valence-corrected chi connectivity index (χ3v) is 9.69. The second kappa shape index (κ2) is 9.72. The van der Waals surface area contributed by atoms with Gasteiger partial charge in [0.2, 0.25) is 11.6 Å². The lowest BCUT2D eigenvalue weighted by Crippen LogP contribution is -2.53. The number of halogens is 2. The molecule has 3 atom stereocenters. The molecular formula is C29H30F2N6OS. The van der Waals surface area contributed by atoms with Gasteiger partial charge in [-0.05, 0) is 61.9 Å². The SMILES string of the molecule is [C-]#[N+]c1ccc(/C(F)=C/c2ccc(F)c([C@@]3(C)N=C(N)S[C@@]4(C(=O)N5CCN(CC6CC6)CC5)C[C@H]43)c2)nc1. The van der Waals surface area contributed by atoms with Gasteiger partial charge < -0.3 is 10.6 Å². The van der Waals surface area contributed by atoms with Crippen LogP contribution in [-0.2, 0) is 10.3 Å². The molecule has 3 fully saturated rings. The molecule has 0 spiro atoms. The maximum absolute atomic E-state index is 15.3. The van der Waals surface area contributed by atoms with Gasteiger partial charge in [-0.3, -0.25) is 19.7 Å². The summed E-state index contributed by atoms with van der Waals surface area (Å²) in [5.41, 5.74) is 6.35. The Labute approximate surface area is 231 Å². The third kappa shape index (κ3) is 4.83. The molecule has 0 radical (unpaired) electrons. The Balaban J connectivity index is 1.24. The van der Waals surface area contributed by atoms with Crippen LogP contribution in [0.15, 0.2) is 41.5 Å². The number of aromatic nitrogens is 1. The molecule has 2 aliphatic heterocycles. The lowest BCUT2D eigenvalue weighted by molar-refractivity contribution is -0.133. The van der Waals surface area contributed by atoms with E-state index in [1.807, 2.05) is 11.8 Å². The van der Waals surface area contributed by atoms with Crippen LogP contribution in [0.25, 0.3) is 16.7 Å². The molecule has 39 heavy (non-hydrogen) atoms. The number of piperazine rings is 1. The van der Waals surface area contributed by atoms with E-state index in [1.54, 1.807) is 6.07 Å². The monoisotopic (exact) mass is 548 g/mol. The molecule has 0 bridgehead atoms. The first kappa shape index (κ1) is 26.0. The van der Waals surface area contributed by atoms with Gasteiger partial charge in [-0.2, -0.15) is 0 Å². The number of nitrogens with two attached hydrogens (primary N) is 1. The summed E-state index contributed by atoms with van der Waals surface area (Å²) in [4.78, 5) is 30.1. The average molecular weight is 549 g/mol. The summed E-state index contributed by atoms with van der Waals surface area (Å²) < 4.78 is 29.5. The fourth-order valence-corrected chi connectivity index (χ4v) is 7.40. The zero-order valence-corrected chi connectivity index (χ0v) is 22.6. The highest BCUT2D eigenvalue weighted by Gasteiger charge is 2.71. The number of rotatable bonds is 6. The second-order valence-electron chi connectivity index (χ2n) is 11.1. The number of amidine groups is 1. The van der Waals surface area contributed by atoms with E-state index in [1.165, 1.54) is 61.1 Å². The van der Waals surface area contributed by atoms with Gasteiger partial charge in [-0.15, -0.1) is 0 Å². The maximum atomic E-state index is 15.3. The smallest absolute Gasteiger partial charge is 0.239 e. The number of carbonyl (C=O) groups excluding carboxylic acids is 1. The maximum Gasteiger partial charge on any atom is 0.239 e. The number of benzene rings is 1. The van der Waals surface area contributed by atoms with E-state index in [2.05, 4.69) is 19.7 Å². The van der Waals surface area contributed by atoms with Gasteiger partial charge >= 0.3 is 0 Å². The van der Waals surface area contributed by atoms with Crippen LogP contribution in [0, 0.1) is 24.2 Å². The predicted octanol–water partition coefficient (Wildman–Crippen LogP) is 4.83. The van der Waals surface area contributed by atoms with Crippen molar-refractivity contribution in [1.29, 1.82) is 0 Å². The Hall–Kier alpha value is -3.29. The number of thioether (sulfide) groups is 1. The van der Waals surface area contributed by atoms with Crippen molar-refractivity contribution in [1.82, 2.24) is 14.8 Å². The van der Waals surface area contributed by atoms with Crippen LogP contribution in [0.1, 0.15) is 43.0 Å². The number of fused-ring (bicyclic) bond motifs is 1.